The van der Waals surface area contributed by atoms with Gasteiger partial charge in [0.05, 0.1) is 23.8 Å². The molecule has 0 radical (unpaired) electrons. The highest BCUT2D eigenvalue weighted by Gasteiger charge is 2.40. The molecule has 1 amide bonds. The van der Waals surface area contributed by atoms with E-state index in [4.69, 9.17) is 0 Å². The second-order valence-electron chi connectivity index (χ2n) is 7.32. The Hall–Kier alpha value is -1.88. The minimum Gasteiger partial charge on any atom is -0.332 e. The number of benzene rings is 1. The van der Waals surface area contributed by atoms with E-state index in [0.29, 0.717) is 12.0 Å². The minimum absolute atomic E-state index is 0.205. The molecule has 6 rings (SSSR count). The molecular formula is C18H22N4O. The average molecular weight is 310 g/mol. The van der Waals surface area contributed by atoms with Gasteiger partial charge in [-0.3, -0.25) is 9.48 Å². The molecule has 5 heteroatoms. The smallest absolute Gasteiger partial charge is 0.256 e. The number of hydrogen-bond donors (Lipinski definition) is 0. The van der Waals surface area contributed by atoms with Crippen LogP contribution in [0.5, 0.6) is 0 Å². The van der Waals surface area contributed by atoms with Crippen molar-refractivity contribution in [3.8, 4) is 0 Å². The first-order valence-corrected chi connectivity index (χ1v) is 8.70. The van der Waals surface area contributed by atoms with Gasteiger partial charge in [-0.2, -0.15) is 5.10 Å². The maximum Gasteiger partial charge on any atom is 0.256 e. The molecule has 4 aliphatic heterocycles. The third-order valence-corrected chi connectivity index (χ3v) is 5.94. The number of fused-ring (bicyclic) bond motifs is 3. The molecule has 3 fully saturated rings. The van der Waals surface area contributed by atoms with Gasteiger partial charge in [0.1, 0.15) is 0 Å². The Labute approximate surface area is 135 Å². The number of rotatable bonds is 1. The Morgan fingerprint density at radius 1 is 1.13 bits per heavy atom. The highest BCUT2D eigenvalue weighted by Crippen LogP contribution is 2.33. The van der Waals surface area contributed by atoms with Crippen molar-refractivity contribution in [1.29, 1.82) is 0 Å². The van der Waals surface area contributed by atoms with Gasteiger partial charge in [-0.25, -0.2) is 0 Å². The Balaban J connectivity index is 1.58. The van der Waals surface area contributed by atoms with Gasteiger partial charge in [-0.15, -0.1) is 0 Å². The Bertz CT molecular complexity index is 788. The highest BCUT2D eigenvalue weighted by atomic mass is 16.2. The molecule has 5 heterocycles. The second-order valence-corrected chi connectivity index (χ2v) is 7.32. The van der Waals surface area contributed by atoms with E-state index in [1.54, 1.807) is 0 Å². The van der Waals surface area contributed by atoms with Crippen LogP contribution in [0.25, 0.3) is 10.9 Å². The van der Waals surface area contributed by atoms with Gasteiger partial charge in [0.25, 0.3) is 5.91 Å². The standard InChI is InChI=1S/C18H22N4O/c1-12-8-14-10-19-22-7-6-21(18(23)15(9-12)17(14)22)16-11-20-4-2-13(16)3-5-20/h8-10,13,16H,2-7,11H2,1H3. The molecule has 3 saturated heterocycles. The molecule has 2 aromatic rings. The molecule has 1 atom stereocenters. The number of nitrogens with zero attached hydrogens (tertiary/aromatic N) is 4. The van der Waals surface area contributed by atoms with Crippen LogP contribution in [0.3, 0.4) is 0 Å². The van der Waals surface area contributed by atoms with Crippen molar-refractivity contribution in [2.24, 2.45) is 5.92 Å². The molecule has 120 valence electrons. The summed E-state index contributed by atoms with van der Waals surface area (Å²) in [6.07, 6.45) is 4.37. The summed E-state index contributed by atoms with van der Waals surface area (Å²) in [5, 5.41) is 5.60. The normalized spacial score (nSPS) is 30.0. The molecule has 23 heavy (non-hydrogen) atoms. The number of aromatic nitrogens is 2. The number of aryl methyl sites for hydroxylation is 1. The largest absolute Gasteiger partial charge is 0.332 e. The zero-order valence-electron chi connectivity index (χ0n) is 13.5. The van der Waals surface area contributed by atoms with Crippen LogP contribution in [0.15, 0.2) is 18.3 Å². The minimum atomic E-state index is 0.205. The Morgan fingerprint density at radius 2 is 1.96 bits per heavy atom. The quantitative estimate of drug-likeness (QED) is 0.808. The van der Waals surface area contributed by atoms with Crippen molar-refractivity contribution < 1.29 is 4.79 Å². The van der Waals surface area contributed by atoms with Gasteiger partial charge >= 0.3 is 0 Å². The van der Waals surface area contributed by atoms with Crippen molar-refractivity contribution >= 4 is 16.8 Å². The van der Waals surface area contributed by atoms with Gasteiger partial charge in [0.15, 0.2) is 0 Å². The lowest BCUT2D eigenvalue weighted by Gasteiger charge is -2.48. The fraction of sp³-hybridized carbons (Fsp3) is 0.556. The number of carbonyl (C=O) groups is 1. The van der Waals surface area contributed by atoms with Crippen LogP contribution < -0.4 is 0 Å². The van der Waals surface area contributed by atoms with E-state index in [0.717, 1.165) is 41.7 Å². The predicted molar refractivity (Wildman–Crippen MR) is 88.5 cm³/mol. The van der Waals surface area contributed by atoms with Crippen LogP contribution in [-0.2, 0) is 6.54 Å². The van der Waals surface area contributed by atoms with E-state index in [1.807, 2.05) is 16.9 Å². The molecule has 1 aromatic heterocycles. The zero-order chi connectivity index (χ0) is 15.6. The first-order valence-electron chi connectivity index (χ1n) is 8.70. The maximum absolute atomic E-state index is 13.3. The van der Waals surface area contributed by atoms with Gasteiger partial charge in [-0.1, -0.05) is 0 Å². The van der Waals surface area contributed by atoms with E-state index in [-0.39, 0.29) is 5.91 Å². The summed E-state index contributed by atoms with van der Waals surface area (Å²) in [7, 11) is 0. The Morgan fingerprint density at radius 3 is 2.70 bits per heavy atom. The number of amides is 1. The SMILES string of the molecule is Cc1cc2c3c(cnn3CCN(C3CN4CCC3CC4)C2=O)c1. The molecule has 2 bridgehead atoms. The summed E-state index contributed by atoms with van der Waals surface area (Å²) >= 11 is 0. The van der Waals surface area contributed by atoms with Crippen LogP contribution in [0.4, 0.5) is 0 Å². The summed E-state index contributed by atoms with van der Waals surface area (Å²) in [5.41, 5.74) is 2.99. The van der Waals surface area contributed by atoms with Crippen LogP contribution >= 0.6 is 0 Å². The van der Waals surface area contributed by atoms with Crippen molar-refractivity contribution in [1.82, 2.24) is 19.6 Å². The maximum atomic E-state index is 13.3. The van der Waals surface area contributed by atoms with Gasteiger partial charge in [0, 0.05) is 24.5 Å². The fourth-order valence-electron chi connectivity index (χ4n) is 4.78. The molecule has 0 aliphatic carbocycles. The van der Waals surface area contributed by atoms with Gasteiger partial charge in [-0.05, 0) is 56.5 Å². The number of carbonyl (C=O) groups excluding carboxylic acids is 1. The lowest BCUT2D eigenvalue weighted by molar-refractivity contribution is 0.00706. The number of hydrogen-bond acceptors (Lipinski definition) is 3. The zero-order valence-corrected chi connectivity index (χ0v) is 13.5. The monoisotopic (exact) mass is 310 g/mol. The third-order valence-electron chi connectivity index (χ3n) is 5.94. The van der Waals surface area contributed by atoms with Crippen LogP contribution in [0.2, 0.25) is 0 Å². The van der Waals surface area contributed by atoms with Crippen molar-refractivity contribution in [3.63, 3.8) is 0 Å². The van der Waals surface area contributed by atoms with E-state index >= 15 is 0 Å². The summed E-state index contributed by atoms with van der Waals surface area (Å²) in [6, 6.07) is 4.55. The summed E-state index contributed by atoms with van der Waals surface area (Å²) in [4.78, 5) is 18.0. The molecule has 0 saturated carbocycles. The van der Waals surface area contributed by atoms with Gasteiger partial charge in [0.2, 0.25) is 0 Å². The van der Waals surface area contributed by atoms with Crippen LogP contribution in [-0.4, -0.2) is 57.7 Å². The van der Waals surface area contributed by atoms with Gasteiger partial charge < -0.3 is 9.80 Å². The number of piperidine rings is 3. The molecule has 1 aromatic carbocycles. The molecule has 1 unspecified atom stereocenters. The average Bonchev–Trinajstić information content (AvgIpc) is 2.91. The predicted octanol–water partition coefficient (Wildman–Crippen LogP) is 1.89. The third kappa shape index (κ3) is 1.96. The summed E-state index contributed by atoms with van der Waals surface area (Å²) in [5.74, 6) is 0.881. The van der Waals surface area contributed by atoms with E-state index in [1.165, 1.54) is 25.9 Å². The molecule has 0 N–H and O–H groups in total. The van der Waals surface area contributed by atoms with E-state index < -0.39 is 0 Å². The van der Waals surface area contributed by atoms with Crippen molar-refractivity contribution in [3.05, 3.63) is 29.5 Å². The molecule has 5 nitrogen and oxygen atoms in total. The van der Waals surface area contributed by atoms with Crippen molar-refractivity contribution in [2.45, 2.75) is 32.4 Å². The first-order chi connectivity index (χ1) is 11.2. The summed E-state index contributed by atoms with van der Waals surface area (Å²) in [6.45, 7) is 7.10. The lowest BCUT2D eigenvalue weighted by atomic mass is 9.83. The molecular weight excluding hydrogens is 288 g/mol. The second kappa shape index (κ2) is 4.81. The fourth-order valence-corrected chi connectivity index (χ4v) is 4.78. The summed E-state index contributed by atoms with van der Waals surface area (Å²) < 4.78 is 2.02. The van der Waals surface area contributed by atoms with Crippen LogP contribution in [0, 0.1) is 12.8 Å². The van der Waals surface area contributed by atoms with E-state index in [2.05, 4.69) is 27.9 Å². The van der Waals surface area contributed by atoms with E-state index in [9.17, 15) is 4.79 Å². The highest BCUT2D eigenvalue weighted by molar-refractivity contribution is 6.06. The Kier molecular flexibility index (Phi) is 2.83. The van der Waals surface area contributed by atoms with Crippen LogP contribution in [0.1, 0.15) is 28.8 Å². The molecule has 4 aliphatic rings. The lowest BCUT2D eigenvalue weighted by Crippen LogP contribution is -2.58. The first kappa shape index (κ1) is 13.5. The topological polar surface area (TPSA) is 41.4 Å². The molecule has 0 spiro atoms. The van der Waals surface area contributed by atoms with Crippen molar-refractivity contribution in [2.75, 3.05) is 26.2 Å².